The highest BCUT2D eigenvalue weighted by Crippen LogP contribution is 2.30. The lowest BCUT2D eigenvalue weighted by Gasteiger charge is -2.46. The summed E-state index contributed by atoms with van der Waals surface area (Å²) < 4.78 is 21.9. The Kier molecular flexibility index (Phi) is 8.69. The number of hydrogen-bond acceptors (Lipinski definition) is 12. The van der Waals surface area contributed by atoms with Gasteiger partial charge in [-0.25, -0.2) is 4.89 Å². The number of aliphatic hydroxyl groups excluding tert-OH is 6. The largest absolute Gasteiger partial charge is 0.394 e. The van der Waals surface area contributed by atoms with Crippen molar-refractivity contribution in [1.82, 2.24) is 0 Å². The predicted octanol–water partition coefficient (Wildman–Crippen LogP) is -2.68. The molecule has 12 nitrogen and oxygen atoms in total. The van der Waals surface area contributed by atoms with E-state index in [2.05, 4.69) is 4.89 Å². The van der Waals surface area contributed by atoms with Gasteiger partial charge in [0.25, 0.3) is 0 Å². The molecule has 0 aliphatic carbocycles. The molecule has 12 heteroatoms. The lowest BCUT2D eigenvalue weighted by atomic mass is 9.97. The van der Waals surface area contributed by atoms with Crippen LogP contribution in [0.4, 0.5) is 0 Å². The molecule has 0 amide bonds. The molecule has 7 N–H and O–H groups in total. The summed E-state index contributed by atoms with van der Waals surface area (Å²) in [5.74, 6) is 0. The van der Waals surface area contributed by atoms with Crippen LogP contribution in [-0.4, -0.2) is 111 Å². The zero-order valence-electron chi connectivity index (χ0n) is 16.5. The van der Waals surface area contributed by atoms with Crippen LogP contribution < -0.4 is 0 Å². The minimum atomic E-state index is -1.74. The van der Waals surface area contributed by atoms with Gasteiger partial charge in [-0.2, -0.15) is 0 Å². The topological polar surface area (TPSA) is 188 Å². The first-order chi connectivity index (χ1) is 14.9. The molecular formula is C19H28O12. The Morgan fingerprint density at radius 1 is 0.774 bits per heavy atom. The maximum atomic E-state index is 10.6. The van der Waals surface area contributed by atoms with Crippen molar-refractivity contribution in [3.63, 3.8) is 0 Å². The van der Waals surface area contributed by atoms with Gasteiger partial charge < -0.3 is 49.6 Å². The average Bonchev–Trinajstić information content (AvgIpc) is 2.78. The highest BCUT2D eigenvalue weighted by atomic mass is 17.1. The summed E-state index contributed by atoms with van der Waals surface area (Å²) in [5.41, 5.74) is 0.801. The van der Waals surface area contributed by atoms with Crippen LogP contribution in [0.5, 0.6) is 0 Å². The van der Waals surface area contributed by atoms with Crippen molar-refractivity contribution in [2.45, 2.75) is 68.0 Å². The Morgan fingerprint density at radius 2 is 1.42 bits per heavy atom. The molecule has 6 unspecified atom stereocenters. The fraction of sp³-hybridized carbons (Fsp3) is 0.684. The molecule has 0 spiro atoms. The van der Waals surface area contributed by atoms with Crippen LogP contribution in [0.3, 0.4) is 0 Å². The number of rotatable bonds is 8. The van der Waals surface area contributed by atoms with E-state index in [1.54, 1.807) is 12.1 Å². The van der Waals surface area contributed by atoms with E-state index >= 15 is 0 Å². The Morgan fingerprint density at radius 3 is 2.06 bits per heavy atom. The van der Waals surface area contributed by atoms with Gasteiger partial charge in [-0.1, -0.05) is 30.3 Å². The fourth-order valence-corrected chi connectivity index (χ4v) is 3.51. The van der Waals surface area contributed by atoms with Crippen molar-refractivity contribution >= 4 is 0 Å². The first kappa shape index (κ1) is 24.4. The Labute approximate surface area is 177 Å². The number of ether oxygens (including phenoxy) is 4. The van der Waals surface area contributed by atoms with Crippen molar-refractivity contribution in [3.8, 4) is 0 Å². The minimum absolute atomic E-state index is 0.0797. The lowest BCUT2D eigenvalue weighted by molar-refractivity contribution is -0.369. The van der Waals surface area contributed by atoms with E-state index in [-0.39, 0.29) is 6.61 Å². The van der Waals surface area contributed by atoms with E-state index in [1.807, 2.05) is 18.2 Å². The maximum Gasteiger partial charge on any atom is 0.187 e. The standard InChI is InChI=1S/C19H28O12/c20-6-10-17(31-19-15(24)13(22)12(21)11(30-19)8-28-26)14(23)16(25)18(29-10)27-7-9-4-2-1-3-5-9/h1-5,10-26H,6-8H2/t10?,11?,12-,13?,14?,15?,16?,17+,18+,19-/m0/s1. The third-order valence-electron chi connectivity index (χ3n) is 5.28. The van der Waals surface area contributed by atoms with Crippen LogP contribution in [0, 0.1) is 0 Å². The monoisotopic (exact) mass is 448 g/mol. The molecule has 2 fully saturated rings. The predicted molar refractivity (Wildman–Crippen MR) is 99.1 cm³/mol. The molecule has 2 heterocycles. The van der Waals surface area contributed by atoms with Gasteiger partial charge in [0.1, 0.15) is 55.4 Å². The van der Waals surface area contributed by atoms with Crippen molar-refractivity contribution in [1.29, 1.82) is 0 Å². The second kappa shape index (κ2) is 11.0. The van der Waals surface area contributed by atoms with Gasteiger partial charge in [0.05, 0.1) is 13.2 Å². The first-order valence-electron chi connectivity index (χ1n) is 9.76. The molecule has 1 aromatic rings. The second-order valence-electron chi connectivity index (χ2n) is 7.41. The van der Waals surface area contributed by atoms with Gasteiger partial charge in [0.2, 0.25) is 0 Å². The van der Waals surface area contributed by atoms with E-state index in [9.17, 15) is 30.6 Å². The highest BCUT2D eigenvalue weighted by Gasteiger charge is 2.50. The first-order valence-corrected chi connectivity index (χ1v) is 9.76. The van der Waals surface area contributed by atoms with Gasteiger partial charge >= 0.3 is 0 Å². The summed E-state index contributed by atoms with van der Waals surface area (Å²) in [6.45, 7) is -1.08. The quantitative estimate of drug-likeness (QED) is 0.162. The van der Waals surface area contributed by atoms with Gasteiger partial charge in [0.15, 0.2) is 12.6 Å². The van der Waals surface area contributed by atoms with Crippen molar-refractivity contribution in [2.24, 2.45) is 0 Å². The third-order valence-corrected chi connectivity index (χ3v) is 5.28. The van der Waals surface area contributed by atoms with Gasteiger partial charge in [0, 0.05) is 0 Å². The van der Waals surface area contributed by atoms with Gasteiger partial charge in [-0.05, 0) is 5.56 Å². The van der Waals surface area contributed by atoms with Crippen LogP contribution in [0.1, 0.15) is 5.56 Å². The molecule has 0 aromatic heterocycles. The Hall–Kier alpha value is -1.26. The van der Waals surface area contributed by atoms with Crippen molar-refractivity contribution in [3.05, 3.63) is 35.9 Å². The van der Waals surface area contributed by atoms with E-state index in [0.29, 0.717) is 0 Å². The zero-order valence-corrected chi connectivity index (χ0v) is 16.5. The molecule has 10 atom stereocenters. The van der Waals surface area contributed by atoms with Gasteiger partial charge in [-0.15, -0.1) is 0 Å². The summed E-state index contributed by atoms with van der Waals surface area (Å²) in [7, 11) is 0. The van der Waals surface area contributed by atoms with Crippen LogP contribution in [-0.2, 0) is 30.4 Å². The minimum Gasteiger partial charge on any atom is -0.394 e. The maximum absolute atomic E-state index is 10.6. The summed E-state index contributed by atoms with van der Waals surface area (Å²) in [5, 5.41) is 69.3. The average molecular weight is 448 g/mol. The molecule has 3 rings (SSSR count). The molecule has 0 saturated carbocycles. The van der Waals surface area contributed by atoms with Crippen LogP contribution in [0.15, 0.2) is 30.3 Å². The molecule has 1 aromatic carbocycles. The lowest BCUT2D eigenvalue weighted by Crippen LogP contribution is -2.64. The summed E-state index contributed by atoms with van der Waals surface area (Å²) in [6, 6.07) is 9.05. The molecule has 2 aliphatic rings. The zero-order chi connectivity index (χ0) is 22.5. The Balaban J connectivity index is 1.66. The van der Waals surface area contributed by atoms with Crippen LogP contribution in [0.2, 0.25) is 0 Å². The van der Waals surface area contributed by atoms with Crippen molar-refractivity contribution in [2.75, 3.05) is 13.2 Å². The fourth-order valence-electron chi connectivity index (χ4n) is 3.51. The molecule has 0 bridgehead atoms. The molecular weight excluding hydrogens is 420 g/mol. The molecule has 31 heavy (non-hydrogen) atoms. The molecule has 2 aliphatic heterocycles. The normalized spacial score (nSPS) is 41.3. The van der Waals surface area contributed by atoms with E-state index in [0.717, 1.165) is 5.56 Å². The molecule has 176 valence electrons. The van der Waals surface area contributed by atoms with E-state index < -0.39 is 74.6 Å². The van der Waals surface area contributed by atoms with E-state index in [4.69, 9.17) is 24.2 Å². The highest BCUT2D eigenvalue weighted by molar-refractivity contribution is 5.13. The van der Waals surface area contributed by atoms with Gasteiger partial charge in [-0.3, -0.25) is 5.26 Å². The summed E-state index contributed by atoms with van der Waals surface area (Å²) >= 11 is 0. The van der Waals surface area contributed by atoms with Crippen LogP contribution in [0.25, 0.3) is 0 Å². The summed E-state index contributed by atoms with van der Waals surface area (Å²) in [6.07, 6.45) is -14.9. The number of benzene rings is 1. The Bertz CT molecular complexity index is 661. The SMILES string of the molecule is OCC1O[C@@H](OCc2ccccc2)C(O)C(O)[C@@H]1O[C@@H]1OC(COO)[C@H](O)C(O)C1O. The molecule has 2 saturated heterocycles. The number of aliphatic hydroxyl groups is 6. The smallest absolute Gasteiger partial charge is 0.187 e. The third kappa shape index (κ3) is 5.57. The van der Waals surface area contributed by atoms with Crippen LogP contribution >= 0.6 is 0 Å². The van der Waals surface area contributed by atoms with E-state index in [1.165, 1.54) is 0 Å². The van der Waals surface area contributed by atoms with Crippen molar-refractivity contribution < 1.29 is 59.7 Å². The second-order valence-corrected chi connectivity index (χ2v) is 7.41. The number of hydrogen-bond donors (Lipinski definition) is 7. The molecule has 0 radical (unpaired) electrons. The summed E-state index contributed by atoms with van der Waals surface area (Å²) in [4.78, 5) is 3.93.